The topological polar surface area (TPSA) is 33.0 Å². The van der Waals surface area contributed by atoms with Gasteiger partial charge in [-0.1, -0.05) is 28.9 Å². The van der Waals surface area contributed by atoms with Crippen LogP contribution in [0.4, 0.5) is 4.39 Å². The lowest BCUT2D eigenvalue weighted by molar-refractivity contribution is 0.439. The van der Waals surface area contributed by atoms with Gasteiger partial charge < -0.3 is 4.74 Å². The number of hydrogen-bond donors (Lipinski definition) is 0. The first-order valence-electron chi connectivity index (χ1n) is 5.94. The van der Waals surface area contributed by atoms with Crippen molar-refractivity contribution in [3.63, 3.8) is 0 Å². The van der Waals surface area contributed by atoms with Crippen molar-refractivity contribution in [2.75, 3.05) is 5.75 Å². The highest BCUT2D eigenvalue weighted by Crippen LogP contribution is 2.34. The average Bonchev–Trinajstić information content (AvgIpc) is 2.43. The Bertz CT molecular complexity index is 669. The fourth-order valence-corrected chi connectivity index (χ4v) is 2.77. The van der Waals surface area contributed by atoms with Gasteiger partial charge in [0.25, 0.3) is 0 Å². The normalized spacial score (nSPS) is 10.1. The summed E-state index contributed by atoms with van der Waals surface area (Å²) in [5.41, 5.74) is 0.429. The fraction of sp³-hybridized carbons (Fsp3) is 0.133. The number of thioether (sulfide) groups is 1. The van der Waals surface area contributed by atoms with Gasteiger partial charge in [0.15, 0.2) is 11.6 Å². The minimum Gasteiger partial charge on any atom is -0.453 e. The maximum Gasteiger partial charge on any atom is 0.165 e. The van der Waals surface area contributed by atoms with Gasteiger partial charge in [-0.15, -0.1) is 11.8 Å². The molecule has 0 amide bonds. The third-order valence-corrected chi connectivity index (χ3v) is 3.95. The summed E-state index contributed by atoms with van der Waals surface area (Å²) < 4.78 is 20.0. The molecule has 0 aliphatic heterocycles. The summed E-state index contributed by atoms with van der Waals surface area (Å²) in [6.45, 7) is 2.01. The number of nitriles is 1. The van der Waals surface area contributed by atoms with E-state index in [4.69, 9.17) is 4.74 Å². The molecule has 2 rings (SSSR count). The van der Waals surface area contributed by atoms with Gasteiger partial charge in [0.05, 0.1) is 0 Å². The standard InChI is InChI=1S/C15H11BrFNOS/c1-2-20-15-5-3-4-13(11(15)9-18)19-14-8-10(16)6-7-12(14)17/h3-8H,2H2,1H3. The number of rotatable bonds is 4. The van der Waals surface area contributed by atoms with Crippen LogP contribution in [0.25, 0.3) is 0 Å². The smallest absolute Gasteiger partial charge is 0.165 e. The molecule has 0 saturated carbocycles. The van der Waals surface area contributed by atoms with Crippen LogP contribution in [-0.4, -0.2) is 5.75 Å². The van der Waals surface area contributed by atoms with E-state index < -0.39 is 5.82 Å². The van der Waals surface area contributed by atoms with Crippen molar-refractivity contribution in [1.29, 1.82) is 5.26 Å². The summed E-state index contributed by atoms with van der Waals surface area (Å²) in [5, 5.41) is 9.28. The Kier molecular flexibility index (Phi) is 5.05. The van der Waals surface area contributed by atoms with E-state index in [0.717, 1.165) is 10.6 Å². The summed E-state index contributed by atoms with van der Waals surface area (Å²) in [7, 11) is 0. The summed E-state index contributed by atoms with van der Waals surface area (Å²) in [4.78, 5) is 0.836. The quantitative estimate of drug-likeness (QED) is 0.694. The Morgan fingerprint density at radius 3 is 2.80 bits per heavy atom. The zero-order valence-corrected chi connectivity index (χ0v) is 13.1. The molecule has 2 aromatic rings. The second kappa shape index (κ2) is 6.78. The van der Waals surface area contributed by atoms with E-state index in [2.05, 4.69) is 22.0 Å². The molecular formula is C15H11BrFNOS. The molecule has 20 heavy (non-hydrogen) atoms. The molecule has 0 atom stereocenters. The van der Waals surface area contributed by atoms with E-state index >= 15 is 0 Å². The highest BCUT2D eigenvalue weighted by molar-refractivity contribution is 9.10. The number of benzene rings is 2. The molecular weight excluding hydrogens is 341 g/mol. The first-order valence-corrected chi connectivity index (χ1v) is 7.72. The third-order valence-electron chi connectivity index (χ3n) is 2.51. The molecule has 5 heteroatoms. The van der Waals surface area contributed by atoms with E-state index in [-0.39, 0.29) is 5.75 Å². The summed E-state index contributed by atoms with van der Waals surface area (Å²) in [6, 6.07) is 11.9. The summed E-state index contributed by atoms with van der Waals surface area (Å²) in [5.74, 6) is 0.840. The maximum absolute atomic E-state index is 13.7. The highest BCUT2D eigenvalue weighted by atomic mass is 79.9. The van der Waals surface area contributed by atoms with E-state index in [1.165, 1.54) is 12.1 Å². The lowest BCUT2D eigenvalue weighted by Gasteiger charge is -2.11. The number of hydrogen-bond acceptors (Lipinski definition) is 3. The van der Waals surface area contributed by atoms with Crippen molar-refractivity contribution in [3.05, 3.63) is 52.3 Å². The van der Waals surface area contributed by atoms with Crippen LogP contribution in [-0.2, 0) is 0 Å². The first kappa shape index (κ1) is 14.9. The Labute approximate surface area is 129 Å². The number of nitrogens with zero attached hydrogens (tertiary/aromatic N) is 1. The fourth-order valence-electron chi connectivity index (χ4n) is 1.66. The number of halogens is 2. The van der Waals surface area contributed by atoms with Gasteiger partial charge in [-0.05, 0) is 36.1 Å². The predicted molar refractivity (Wildman–Crippen MR) is 81.7 cm³/mol. The van der Waals surface area contributed by atoms with E-state index in [1.54, 1.807) is 30.0 Å². The molecule has 2 nitrogen and oxygen atoms in total. The number of ether oxygens (including phenoxy) is 1. The predicted octanol–water partition coefficient (Wildman–Crippen LogP) is 5.36. The van der Waals surface area contributed by atoms with Crippen LogP contribution >= 0.6 is 27.7 Å². The minimum atomic E-state index is -0.467. The Hall–Kier alpha value is -1.51. The minimum absolute atomic E-state index is 0.0922. The van der Waals surface area contributed by atoms with Crippen LogP contribution in [0.15, 0.2) is 45.8 Å². The van der Waals surface area contributed by atoms with E-state index in [0.29, 0.717) is 15.8 Å². The van der Waals surface area contributed by atoms with Gasteiger partial charge >= 0.3 is 0 Å². The average molecular weight is 352 g/mol. The SMILES string of the molecule is CCSc1cccc(Oc2cc(Br)ccc2F)c1C#N. The van der Waals surface area contributed by atoms with Crippen molar-refractivity contribution in [2.24, 2.45) is 0 Å². The van der Waals surface area contributed by atoms with Crippen LogP contribution < -0.4 is 4.74 Å². The highest BCUT2D eigenvalue weighted by Gasteiger charge is 2.12. The lowest BCUT2D eigenvalue weighted by Crippen LogP contribution is -1.93. The molecule has 0 N–H and O–H groups in total. The molecule has 0 bridgehead atoms. The van der Waals surface area contributed by atoms with Crippen molar-refractivity contribution in [2.45, 2.75) is 11.8 Å². The van der Waals surface area contributed by atoms with E-state index in [1.807, 2.05) is 13.0 Å². The van der Waals surface area contributed by atoms with Crippen LogP contribution in [0.3, 0.4) is 0 Å². The molecule has 2 aromatic carbocycles. The molecule has 0 aliphatic carbocycles. The molecule has 0 spiro atoms. The van der Waals surface area contributed by atoms with E-state index in [9.17, 15) is 9.65 Å². The largest absolute Gasteiger partial charge is 0.453 e. The molecule has 0 saturated heterocycles. The van der Waals surface area contributed by atoms with Crippen molar-refractivity contribution < 1.29 is 9.13 Å². The zero-order chi connectivity index (χ0) is 14.5. The molecule has 0 aromatic heterocycles. The molecule has 0 heterocycles. The zero-order valence-electron chi connectivity index (χ0n) is 10.7. The van der Waals surface area contributed by atoms with Crippen LogP contribution in [0.5, 0.6) is 11.5 Å². The van der Waals surface area contributed by atoms with Crippen molar-refractivity contribution in [3.8, 4) is 17.6 Å². The Balaban J connectivity index is 2.41. The first-order chi connectivity index (χ1) is 9.65. The van der Waals surface area contributed by atoms with Crippen molar-refractivity contribution in [1.82, 2.24) is 0 Å². The molecule has 0 unspecified atom stereocenters. The molecule has 102 valence electrons. The van der Waals surface area contributed by atoms with Gasteiger partial charge in [-0.3, -0.25) is 0 Å². The van der Waals surface area contributed by atoms with Crippen LogP contribution in [0.2, 0.25) is 0 Å². The van der Waals surface area contributed by atoms with Crippen LogP contribution in [0.1, 0.15) is 12.5 Å². The van der Waals surface area contributed by atoms with Gasteiger partial charge in [0.1, 0.15) is 17.4 Å². The molecule has 0 aliphatic rings. The van der Waals surface area contributed by atoms with Crippen LogP contribution in [0, 0.1) is 17.1 Å². The van der Waals surface area contributed by atoms with Gasteiger partial charge in [0, 0.05) is 9.37 Å². The lowest BCUT2D eigenvalue weighted by atomic mass is 10.2. The Morgan fingerprint density at radius 1 is 1.30 bits per heavy atom. The van der Waals surface area contributed by atoms with Gasteiger partial charge in [0.2, 0.25) is 0 Å². The second-order valence-electron chi connectivity index (χ2n) is 3.85. The van der Waals surface area contributed by atoms with Crippen molar-refractivity contribution >= 4 is 27.7 Å². The summed E-state index contributed by atoms with van der Waals surface area (Å²) in [6.07, 6.45) is 0. The van der Waals surface area contributed by atoms with Gasteiger partial charge in [-0.25, -0.2) is 4.39 Å². The molecule has 0 radical (unpaired) electrons. The third kappa shape index (κ3) is 3.33. The van der Waals surface area contributed by atoms with Gasteiger partial charge in [-0.2, -0.15) is 5.26 Å². The summed E-state index contributed by atoms with van der Waals surface area (Å²) >= 11 is 4.82. The maximum atomic E-state index is 13.7. The monoisotopic (exact) mass is 351 g/mol. The second-order valence-corrected chi connectivity index (χ2v) is 6.07. The Morgan fingerprint density at radius 2 is 2.10 bits per heavy atom. The molecule has 0 fully saturated rings.